The van der Waals surface area contributed by atoms with E-state index < -0.39 is 18.8 Å². The summed E-state index contributed by atoms with van der Waals surface area (Å²) in [5, 5.41) is 35.7. The SMILES string of the molecule is CC1(C)OB(O)c2ccc(Nc3cc(N[C@H](CO)c4ccccc4)c(-c4nnc(-c5cccnc5)o4)cn3)cc21. The second kappa shape index (κ2) is 10.5. The summed E-state index contributed by atoms with van der Waals surface area (Å²) in [5.74, 6) is 1.17. The number of nitrogens with zero attached hydrogens (tertiary/aromatic N) is 4. The molecule has 2 aromatic carbocycles. The molecular weight excluding hydrogens is 507 g/mol. The molecule has 0 aliphatic carbocycles. The van der Waals surface area contributed by atoms with Crippen LogP contribution in [-0.2, 0) is 10.3 Å². The average molecular weight is 534 g/mol. The Morgan fingerprint density at radius 1 is 0.975 bits per heavy atom. The molecule has 6 rings (SSSR count). The first kappa shape index (κ1) is 25.7. The zero-order valence-corrected chi connectivity index (χ0v) is 21.9. The van der Waals surface area contributed by atoms with Crippen molar-refractivity contribution < 1.29 is 19.2 Å². The van der Waals surface area contributed by atoms with Crippen molar-refractivity contribution >= 4 is 29.8 Å². The minimum atomic E-state index is -0.952. The normalized spacial score (nSPS) is 14.6. The molecule has 40 heavy (non-hydrogen) atoms. The van der Waals surface area contributed by atoms with Gasteiger partial charge in [0.2, 0.25) is 5.89 Å². The second-order valence-electron chi connectivity index (χ2n) is 9.97. The Morgan fingerprint density at radius 3 is 2.58 bits per heavy atom. The minimum Gasteiger partial charge on any atom is -0.423 e. The zero-order chi connectivity index (χ0) is 27.7. The Balaban J connectivity index is 1.36. The van der Waals surface area contributed by atoms with E-state index in [2.05, 4.69) is 30.8 Å². The largest absolute Gasteiger partial charge is 0.492 e. The number of aliphatic hydroxyl groups is 1. The van der Waals surface area contributed by atoms with E-state index in [1.807, 2.05) is 74.5 Å². The smallest absolute Gasteiger partial charge is 0.423 e. The van der Waals surface area contributed by atoms with Crippen molar-refractivity contribution in [1.82, 2.24) is 20.2 Å². The summed E-state index contributed by atoms with van der Waals surface area (Å²) in [7, 11) is -0.952. The van der Waals surface area contributed by atoms with Crippen LogP contribution in [0.15, 0.2) is 89.7 Å². The molecular formula is C29H27BN6O4. The Hall–Kier alpha value is -4.58. The van der Waals surface area contributed by atoms with Gasteiger partial charge in [-0.3, -0.25) is 4.98 Å². The molecule has 1 aliphatic heterocycles. The molecule has 5 aromatic rings. The van der Waals surface area contributed by atoms with Crippen molar-refractivity contribution in [3.63, 3.8) is 0 Å². The van der Waals surface area contributed by atoms with Gasteiger partial charge in [0.05, 0.1) is 35.1 Å². The van der Waals surface area contributed by atoms with E-state index in [9.17, 15) is 10.1 Å². The summed E-state index contributed by atoms with van der Waals surface area (Å²) >= 11 is 0. The quantitative estimate of drug-likeness (QED) is 0.216. The molecule has 0 saturated carbocycles. The number of aromatic nitrogens is 4. The molecule has 10 nitrogen and oxygen atoms in total. The number of pyridine rings is 2. The van der Waals surface area contributed by atoms with Crippen molar-refractivity contribution in [2.45, 2.75) is 25.5 Å². The first-order chi connectivity index (χ1) is 19.4. The van der Waals surface area contributed by atoms with Gasteiger partial charge in [-0.2, -0.15) is 0 Å². The zero-order valence-electron chi connectivity index (χ0n) is 21.9. The van der Waals surface area contributed by atoms with Gasteiger partial charge in [-0.1, -0.05) is 36.4 Å². The maximum atomic E-state index is 10.2. The predicted octanol–water partition coefficient (Wildman–Crippen LogP) is 4.04. The van der Waals surface area contributed by atoms with Crippen LogP contribution in [0.4, 0.5) is 17.2 Å². The maximum Gasteiger partial charge on any atom is 0.492 e. The summed E-state index contributed by atoms with van der Waals surface area (Å²) in [4.78, 5) is 8.73. The van der Waals surface area contributed by atoms with E-state index in [0.29, 0.717) is 28.5 Å². The van der Waals surface area contributed by atoms with Gasteiger partial charge in [0.15, 0.2) is 0 Å². The molecule has 0 spiro atoms. The summed E-state index contributed by atoms with van der Waals surface area (Å²) in [6, 6.07) is 20.4. The van der Waals surface area contributed by atoms with E-state index in [1.54, 1.807) is 24.7 Å². The number of rotatable bonds is 8. The van der Waals surface area contributed by atoms with Gasteiger partial charge >= 0.3 is 7.12 Å². The molecule has 0 radical (unpaired) electrons. The van der Waals surface area contributed by atoms with Crippen molar-refractivity contribution in [2.24, 2.45) is 0 Å². The lowest BCUT2D eigenvalue weighted by molar-refractivity contribution is 0.101. The van der Waals surface area contributed by atoms with Gasteiger partial charge in [0.1, 0.15) is 5.82 Å². The fourth-order valence-corrected chi connectivity index (χ4v) is 4.78. The second-order valence-corrected chi connectivity index (χ2v) is 9.97. The average Bonchev–Trinajstić information content (AvgIpc) is 3.55. The lowest BCUT2D eigenvalue weighted by Crippen LogP contribution is -2.28. The molecule has 0 fully saturated rings. The van der Waals surface area contributed by atoms with Crippen LogP contribution in [0.2, 0.25) is 0 Å². The number of benzene rings is 2. The van der Waals surface area contributed by atoms with Crippen LogP contribution in [0.1, 0.15) is 31.0 Å². The van der Waals surface area contributed by atoms with E-state index in [-0.39, 0.29) is 12.5 Å². The number of fused-ring (bicyclic) bond motifs is 1. The number of hydrogen-bond acceptors (Lipinski definition) is 10. The first-order valence-electron chi connectivity index (χ1n) is 12.9. The van der Waals surface area contributed by atoms with Gasteiger partial charge < -0.3 is 29.8 Å². The molecule has 4 N–H and O–H groups in total. The van der Waals surface area contributed by atoms with Crippen molar-refractivity contribution in [1.29, 1.82) is 0 Å². The van der Waals surface area contributed by atoms with Gasteiger partial charge in [-0.15, -0.1) is 10.2 Å². The molecule has 0 saturated heterocycles. The third-order valence-corrected chi connectivity index (χ3v) is 6.83. The van der Waals surface area contributed by atoms with Gasteiger partial charge in [-0.25, -0.2) is 4.98 Å². The maximum absolute atomic E-state index is 10.2. The fourth-order valence-electron chi connectivity index (χ4n) is 4.78. The van der Waals surface area contributed by atoms with Crippen molar-refractivity contribution in [3.05, 3.63) is 96.4 Å². The molecule has 0 bridgehead atoms. The van der Waals surface area contributed by atoms with Gasteiger partial charge in [0, 0.05) is 30.3 Å². The molecule has 1 aliphatic rings. The predicted molar refractivity (Wildman–Crippen MR) is 152 cm³/mol. The highest BCUT2D eigenvalue weighted by Crippen LogP contribution is 2.35. The Labute approximate surface area is 231 Å². The highest BCUT2D eigenvalue weighted by molar-refractivity contribution is 6.62. The van der Waals surface area contributed by atoms with Crippen LogP contribution in [0.25, 0.3) is 22.9 Å². The number of hydrogen-bond donors (Lipinski definition) is 4. The van der Waals surface area contributed by atoms with Crippen LogP contribution in [-0.4, -0.2) is 44.0 Å². The van der Waals surface area contributed by atoms with Crippen LogP contribution in [0, 0.1) is 0 Å². The Bertz CT molecular complexity index is 1630. The molecule has 3 aromatic heterocycles. The van der Waals surface area contributed by atoms with Gasteiger partial charge in [-0.05, 0) is 54.7 Å². The van der Waals surface area contributed by atoms with Crippen molar-refractivity contribution in [3.8, 4) is 22.9 Å². The third-order valence-electron chi connectivity index (χ3n) is 6.83. The molecule has 4 heterocycles. The topological polar surface area (TPSA) is 138 Å². The number of anilines is 3. The third kappa shape index (κ3) is 5.05. The van der Waals surface area contributed by atoms with Gasteiger partial charge in [0.25, 0.3) is 5.89 Å². The number of aliphatic hydroxyl groups excluding tert-OH is 1. The summed E-state index contributed by atoms with van der Waals surface area (Å²) in [5.41, 5.74) is 4.65. The molecule has 200 valence electrons. The fraction of sp³-hybridized carbons (Fsp3) is 0.172. The van der Waals surface area contributed by atoms with Crippen LogP contribution in [0.3, 0.4) is 0 Å². The Kier molecular flexibility index (Phi) is 6.77. The highest BCUT2D eigenvalue weighted by Gasteiger charge is 2.40. The minimum absolute atomic E-state index is 0.137. The monoisotopic (exact) mass is 534 g/mol. The molecule has 0 amide bonds. The van der Waals surface area contributed by atoms with E-state index >= 15 is 0 Å². The summed E-state index contributed by atoms with van der Waals surface area (Å²) in [6.07, 6.45) is 4.98. The number of nitrogens with one attached hydrogen (secondary N) is 2. The Morgan fingerprint density at radius 2 is 1.80 bits per heavy atom. The van der Waals surface area contributed by atoms with E-state index in [1.165, 1.54) is 0 Å². The highest BCUT2D eigenvalue weighted by atomic mass is 16.5. The first-order valence-corrected chi connectivity index (χ1v) is 12.9. The molecule has 11 heteroatoms. The van der Waals surface area contributed by atoms with E-state index in [0.717, 1.165) is 22.3 Å². The molecule has 0 unspecified atom stereocenters. The summed E-state index contributed by atoms with van der Waals surface area (Å²) < 4.78 is 11.7. The van der Waals surface area contributed by atoms with Crippen LogP contribution < -0.4 is 16.1 Å². The van der Waals surface area contributed by atoms with E-state index in [4.69, 9.17) is 9.07 Å². The lowest BCUT2D eigenvalue weighted by atomic mass is 9.78. The van der Waals surface area contributed by atoms with Crippen LogP contribution in [0.5, 0.6) is 0 Å². The van der Waals surface area contributed by atoms with Crippen molar-refractivity contribution in [2.75, 3.05) is 17.2 Å². The standard InChI is InChI=1S/C29H27BN6O4/c1-29(2)22-13-20(10-11-23(22)30(38)40-29)33-26-14-24(34-25(17-37)18-7-4-3-5-8-18)21(16-32-26)28-36-35-27(39-28)19-9-6-12-31-15-19/h3-16,25,37-38H,17H2,1-2H3,(H2,32,33,34)/t25-/m1/s1. The lowest BCUT2D eigenvalue weighted by Gasteiger charge is -2.21. The van der Waals surface area contributed by atoms with Crippen LogP contribution >= 0.6 is 0 Å². The molecule has 1 atom stereocenters. The summed E-state index contributed by atoms with van der Waals surface area (Å²) in [6.45, 7) is 3.70.